The summed E-state index contributed by atoms with van der Waals surface area (Å²) in [4.78, 5) is 17.4. The first kappa shape index (κ1) is 18.0. The third-order valence-electron chi connectivity index (χ3n) is 5.45. The molecular formula is C20H27N5O2. The number of ether oxygens (including phenoxy) is 1. The topological polar surface area (TPSA) is 73.5 Å². The van der Waals surface area contributed by atoms with E-state index >= 15 is 0 Å². The molecule has 1 aromatic carbocycles. The van der Waals surface area contributed by atoms with Gasteiger partial charge in [0, 0.05) is 63.5 Å². The number of rotatable bonds is 4. The summed E-state index contributed by atoms with van der Waals surface area (Å²) in [5.41, 5.74) is 4.02. The number of H-pyrrole nitrogens is 1. The maximum Gasteiger partial charge on any atom is 0.274 e. The molecular weight excluding hydrogens is 342 g/mol. The molecule has 1 amide bonds. The molecule has 2 aliphatic heterocycles. The molecule has 7 nitrogen and oxygen atoms in total. The van der Waals surface area contributed by atoms with Gasteiger partial charge in [-0.15, -0.1) is 0 Å². The normalized spacial score (nSPS) is 18.0. The van der Waals surface area contributed by atoms with Gasteiger partial charge < -0.3 is 15.0 Å². The van der Waals surface area contributed by atoms with Crippen LogP contribution in [0.1, 0.15) is 33.7 Å². The number of aromatic amines is 1. The number of benzene rings is 1. The largest absolute Gasteiger partial charge is 0.497 e. The summed E-state index contributed by atoms with van der Waals surface area (Å²) in [5.74, 6) is 0.936. The average molecular weight is 369 g/mol. The number of nitrogens with zero attached hydrogens (tertiary/aromatic N) is 3. The second kappa shape index (κ2) is 8.10. The van der Waals surface area contributed by atoms with Gasteiger partial charge in [-0.3, -0.25) is 14.8 Å². The van der Waals surface area contributed by atoms with E-state index in [1.54, 1.807) is 7.11 Å². The van der Waals surface area contributed by atoms with Crippen LogP contribution in [0.5, 0.6) is 5.75 Å². The van der Waals surface area contributed by atoms with Crippen molar-refractivity contribution in [3.63, 3.8) is 0 Å². The lowest BCUT2D eigenvalue weighted by atomic mass is 10.1. The highest BCUT2D eigenvalue weighted by Gasteiger charge is 2.27. The van der Waals surface area contributed by atoms with Crippen molar-refractivity contribution >= 4 is 5.91 Å². The van der Waals surface area contributed by atoms with E-state index in [-0.39, 0.29) is 5.91 Å². The lowest BCUT2D eigenvalue weighted by Gasteiger charge is -2.22. The summed E-state index contributed by atoms with van der Waals surface area (Å²) >= 11 is 0. The molecule has 0 bridgehead atoms. The van der Waals surface area contributed by atoms with Crippen LogP contribution in [0.3, 0.4) is 0 Å². The fourth-order valence-corrected chi connectivity index (χ4v) is 3.87. The number of hydrogen-bond donors (Lipinski definition) is 2. The summed E-state index contributed by atoms with van der Waals surface area (Å²) < 4.78 is 5.22. The van der Waals surface area contributed by atoms with Gasteiger partial charge in [-0.2, -0.15) is 5.10 Å². The second-order valence-corrected chi connectivity index (χ2v) is 7.23. The molecule has 2 aromatic rings. The molecule has 144 valence electrons. The molecule has 0 unspecified atom stereocenters. The van der Waals surface area contributed by atoms with E-state index in [4.69, 9.17) is 4.74 Å². The summed E-state index contributed by atoms with van der Waals surface area (Å²) in [5, 5.41) is 10.7. The van der Waals surface area contributed by atoms with Gasteiger partial charge in [-0.25, -0.2) is 0 Å². The van der Waals surface area contributed by atoms with Crippen molar-refractivity contribution < 1.29 is 9.53 Å². The first-order valence-electron chi connectivity index (χ1n) is 9.66. The molecule has 2 N–H and O–H groups in total. The molecule has 1 fully saturated rings. The van der Waals surface area contributed by atoms with Crippen molar-refractivity contribution in [3.05, 3.63) is 46.8 Å². The Labute approximate surface area is 159 Å². The van der Waals surface area contributed by atoms with Gasteiger partial charge in [0.1, 0.15) is 5.75 Å². The fraction of sp³-hybridized carbons (Fsp3) is 0.500. The molecule has 1 saturated heterocycles. The number of amides is 1. The fourth-order valence-electron chi connectivity index (χ4n) is 3.87. The van der Waals surface area contributed by atoms with Gasteiger partial charge in [-0.05, 0) is 24.1 Å². The van der Waals surface area contributed by atoms with Gasteiger partial charge in [0.15, 0.2) is 5.69 Å². The van der Waals surface area contributed by atoms with Gasteiger partial charge in [-0.1, -0.05) is 12.1 Å². The summed E-state index contributed by atoms with van der Waals surface area (Å²) in [6.07, 6.45) is 1.89. The number of hydrogen-bond acceptors (Lipinski definition) is 5. The number of nitrogens with one attached hydrogen (secondary N) is 2. The minimum Gasteiger partial charge on any atom is -0.497 e. The van der Waals surface area contributed by atoms with Crippen LogP contribution in [0.4, 0.5) is 0 Å². The third-order valence-corrected chi connectivity index (χ3v) is 5.45. The summed E-state index contributed by atoms with van der Waals surface area (Å²) in [7, 11) is 1.68. The van der Waals surface area contributed by atoms with E-state index in [1.165, 1.54) is 5.56 Å². The Balaban J connectivity index is 1.38. The quantitative estimate of drug-likeness (QED) is 0.853. The van der Waals surface area contributed by atoms with Crippen LogP contribution in [0, 0.1) is 0 Å². The van der Waals surface area contributed by atoms with E-state index in [0.717, 1.165) is 75.7 Å². The number of aromatic nitrogens is 2. The zero-order valence-corrected chi connectivity index (χ0v) is 15.8. The second-order valence-electron chi connectivity index (χ2n) is 7.23. The summed E-state index contributed by atoms with van der Waals surface area (Å²) in [6.45, 7) is 5.96. The van der Waals surface area contributed by atoms with Crippen molar-refractivity contribution in [2.24, 2.45) is 0 Å². The van der Waals surface area contributed by atoms with Crippen molar-refractivity contribution in [2.75, 3.05) is 39.8 Å². The Morgan fingerprint density at radius 3 is 2.85 bits per heavy atom. The molecule has 0 radical (unpaired) electrons. The predicted molar refractivity (Wildman–Crippen MR) is 103 cm³/mol. The van der Waals surface area contributed by atoms with Crippen molar-refractivity contribution in [2.45, 2.75) is 25.9 Å². The Hall–Kier alpha value is -2.38. The molecule has 0 spiro atoms. The van der Waals surface area contributed by atoms with Crippen molar-refractivity contribution in [3.8, 4) is 5.75 Å². The van der Waals surface area contributed by atoms with E-state index in [2.05, 4.69) is 32.5 Å². The van der Waals surface area contributed by atoms with Crippen LogP contribution >= 0.6 is 0 Å². The molecule has 27 heavy (non-hydrogen) atoms. The van der Waals surface area contributed by atoms with Gasteiger partial charge in [0.2, 0.25) is 0 Å². The van der Waals surface area contributed by atoms with Crippen LogP contribution < -0.4 is 10.1 Å². The van der Waals surface area contributed by atoms with E-state index in [9.17, 15) is 4.79 Å². The maximum absolute atomic E-state index is 13.0. The van der Waals surface area contributed by atoms with Gasteiger partial charge in [0.05, 0.1) is 7.11 Å². The first-order chi connectivity index (χ1) is 13.2. The third kappa shape index (κ3) is 3.99. The first-order valence-corrected chi connectivity index (χ1v) is 9.66. The maximum atomic E-state index is 13.0. The molecule has 7 heteroatoms. The van der Waals surface area contributed by atoms with E-state index < -0.39 is 0 Å². The van der Waals surface area contributed by atoms with Crippen LogP contribution in [-0.4, -0.2) is 65.7 Å². The minimum atomic E-state index is 0.0579. The molecule has 0 saturated carbocycles. The number of carbonyl (C=O) groups is 1. The highest BCUT2D eigenvalue weighted by Crippen LogP contribution is 2.19. The molecule has 0 atom stereocenters. The number of fused-ring (bicyclic) bond motifs is 1. The zero-order valence-electron chi connectivity index (χ0n) is 15.8. The van der Waals surface area contributed by atoms with Gasteiger partial charge in [0.25, 0.3) is 5.91 Å². The van der Waals surface area contributed by atoms with Crippen molar-refractivity contribution in [1.29, 1.82) is 0 Å². The molecule has 4 rings (SSSR count). The molecule has 3 heterocycles. The molecule has 0 aliphatic carbocycles. The SMILES string of the molecule is COc1ccc(CN2CCCN(C(=O)c3n[nH]c4c3CNCC4)CC2)cc1. The minimum absolute atomic E-state index is 0.0579. The lowest BCUT2D eigenvalue weighted by molar-refractivity contribution is 0.0754. The monoisotopic (exact) mass is 369 g/mol. The van der Waals surface area contributed by atoms with Crippen LogP contribution in [-0.2, 0) is 19.5 Å². The number of methoxy groups -OCH3 is 1. The smallest absolute Gasteiger partial charge is 0.274 e. The molecule has 2 aliphatic rings. The Kier molecular flexibility index (Phi) is 5.40. The Morgan fingerprint density at radius 1 is 1.19 bits per heavy atom. The van der Waals surface area contributed by atoms with Crippen LogP contribution in [0.2, 0.25) is 0 Å². The molecule has 1 aromatic heterocycles. The van der Waals surface area contributed by atoms with E-state index in [0.29, 0.717) is 5.69 Å². The Morgan fingerprint density at radius 2 is 2.04 bits per heavy atom. The standard InChI is InChI=1S/C20H27N5O2/c1-27-16-5-3-15(4-6-16)14-24-9-2-10-25(12-11-24)20(26)19-17-13-21-8-7-18(17)22-23-19/h3-6,21H,2,7-14H2,1H3,(H,22,23). The van der Waals surface area contributed by atoms with Gasteiger partial charge >= 0.3 is 0 Å². The Bertz CT molecular complexity index is 786. The zero-order chi connectivity index (χ0) is 18.6. The highest BCUT2D eigenvalue weighted by atomic mass is 16.5. The lowest BCUT2D eigenvalue weighted by Crippen LogP contribution is -2.36. The van der Waals surface area contributed by atoms with Crippen LogP contribution in [0.15, 0.2) is 24.3 Å². The summed E-state index contributed by atoms with van der Waals surface area (Å²) in [6, 6.07) is 8.21. The average Bonchev–Trinajstić information content (AvgIpc) is 3.00. The van der Waals surface area contributed by atoms with Crippen molar-refractivity contribution in [1.82, 2.24) is 25.3 Å². The van der Waals surface area contributed by atoms with E-state index in [1.807, 2.05) is 17.0 Å². The van der Waals surface area contributed by atoms with Crippen LogP contribution in [0.25, 0.3) is 0 Å². The highest BCUT2D eigenvalue weighted by molar-refractivity contribution is 5.94. The number of carbonyl (C=O) groups excluding carboxylic acids is 1. The predicted octanol–water partition coefficient (Wildman–Crippen LogP) is 1.41.